The number of benzene rings is 1. The Labute approximate surface area is 146 Å². The van der Waals surface area contributed by atoms with Crippen LogP contribution in [0.25, 0.3) is 0 Å². The molecule has 1 aromatic rings. The number of hydrogen-bond donors (Lipinski definition) is 2. The van der Waals surface area contributed by atoms with Crippen LogP contribution in [0, 0.1) is 0 Å². The highest BCUT2D eigenvalue weighted by Crippen LogP contribution is 2.40. The van der Waals surface area contributed by atoms with Crippen LogP contribution in [0.3, 0.4) is 0 Å². The molecule has 1 rings (SSSR count). The van der Waals surface area contributed by atoms with Gasteiger partial charge in [-0.15, -0.1) is 4.89 Å². The number of phenols is 1. The summed E-state index contributed by atoms with van der Waals surface area (Å²) in [7, 11) is -2.74. The number of aromatic hydroxyl groups is 1. The Morgan fingerprint density at radius 2 is 1.54 bits per heavy atom. The van der Waals surface area contributed by atoms with Gasteiger partial charge in [0, 0.05) is 17.6 Å². The van der Waals surface area contributed by atoms with E-state index < -0.39 is 14.5 Å². The van der Waals surface area contributed by atoms with E-state index in [1.165, 1.54) is 0 Å². The third-order valence-corrected chi connectivity index (χ3v) is 4.16. The van der Waals surface area contributed by atoms with E-state index in [4.69, 9.17) is 14.2 Å². The van der Waals surface area contributed by atoms with Crippen LogP contribution in [0.2, 0.25) is 0 Å². The van der Waals surface area contributed by atoms with Crippen LogP contribution in [0.1, 0.15) is 65.2 Å². The van der Waals surface area contributed by atoms with Gasteiger partial charge in [-0.1, -0.05) is 58.2 Å². The molecule has 6 heteroatoms. The maximum Gasteiger partial charge on any atom is 0.697 e. The van der Waals surface area contributed by atoms with Crippen LogP contribution < -0.4 is 0 Å². The topological polar surface area (TPSA) is 76.0 Å². The van der Waals surface area contributed by atoms with Gasteiger partial charge in [-0.25, -0.2) is 0 Å². The summed E-state index contributed by atoms with van der Waals surface area (Å²) in [5, 5.41) is 10.7. The van der Waals surface area contributed by atoms with E-state index >= 15 is 0 Å². The van der Waals surface area contributed by atoms with Crippen molar-refractivity contribution < 1.29 is 23.8 Å². The maximum atomic E-state index is 11.0. The van der Waals surface area contributed by atoms with Gasteiger partial charge in [-0.05, 0) is 34.4 Å². The summed E-state index contributed by atoms with van der Waals surface area (Å²) in [5.74, 6) is 0.306. The molecule has 5 nitrogen and oxygen atoms in total. The molecule has 0 aromatic heterocycles. The summed E-state index contributed by atoms with van der Waals surface area (Å²) in [6.45, 7) is 14.4. The van der Waals surface area contributed by atoms with Gasteiger partial charge in [0.05, 0.1) is 0 Å². The Kier molecular flexibility index (Phi) is 6.94. The van der Waals surface area contributed by atoms with Gasteiger partial charge in [-0.3, -0.25) is 0 Å². The van der Waals surface area contributed by atoms with E-state index in [1.54, 1.807) is 6.92 Å². The minimum Gasteiger partial charge on any atom is -0.507 e. The molecule has 24 heavy (non-hydrogen) atoms. The highest BCUT2D eigenvalue weighted by atomic mass is 31.1. The molecule has 0 aliphatic carbocycles. The molecule has 0 fully saturated rings. The van der Waals surface area contributed by atoms with Crippen molar-refractivity contribution in [3.63, 3.8) is 0 Å². The Hall–Kier alpha value is -1.00. The average Bonchev–Trinajstić information content (AvgIpc) is 2.37. The van der Waals surface area contributed by atoms with Crippen LogP contribution in [0.15, 0.2) is 12.1 Å². The van der Waals surface area contributed by atoms with Crippen LogP contribution in [-0.4, -0.2) is 22.9 Å². The SMILES string of the molecule is CCOC(Cc1cc(C(C)(C)C)c(O)c(C(C)(C)C)c1)O[P+](=O)O. The second kappa shape index (κ2) is 7.92. The number of phenolic OH excluding ortho intramolecular Hbond substituents is 1. The Balaban J connectivity index is 3.34. The summed E-state index contributed by atoms with van der Waals surface area (Å²) in [6.07, 6.45) is -0.462. The van der Waals surface area contributed by atoms with Crippen molar-refractivity contribution in [3.8, 4) is 5.75 Å². The second-order valence-corrected chi connectivity index (χ2v) is 8.66. The summed E-state index contributed by atoms with van der Waals surface area (Å²) in [6, 6.07) is 3.84. The molecule has 0 aliphatic heterocycles. The van der Waals surface area contributed by atoms with Crippen LogP contribution in [0.4, 0.5) is 0 Å². The minimum absolute atomic E-state index is 0.232. The first-order chi connectivity index (χ1) is 10.9. The fourth-order valence-corrected chi connectivity index (χ4v) is 2.90. The van der Waals surface area contributed by atoms with Crippen molar-refractivity contribution in [1.29, 1.82) is 0 Å². The summed E-state index contributed by atoms with van der Waals surface area (Å²) in [4.78, 5) is 9.01. The molecule has 0 saturated heterocycles. The number of ether oxygens (including phenoxy) is 1. The summed E-state index contributed by atoms with van der Waals surface area (Å²) in [5.41, 5.74) is 2.12. The Morgan fingerprint density at radius 1 is 1.08 bits per heavy atom. The quantitative estimate of drug-likeness (QED) is 0.577. The molecule has 0 spiro atoms. The molecule has 0 amide bonds. The average molecular weight is 357 g/mol. The van der Waals surface area contributed by atoms with Crippen molar-refractivity contribution in [2.75, 3.05) is 6.61 Å². The van der Waals surface area contributed by atoms with Crippen LogP contribution >= 0.6 is 8.25 Å². The molecule has 136 valence electrons. The lowest BCUT2D eigenvalue weighted by molar-refractivity contribution is -0.0747. The van der Waals surface area contributed by atoms with Crippen molar-refractivity contribution in [1.82, 2.24) is 0 Å². The molecule has 0 bridgehead atoms. The van der Waals surface area contributed by atoms with E-state index in [1.807, 2.05) is 53.7 Å². The zero-order chi connectivity index (χ0) is 18.7. The normalized spacial score (nSPS) is 14.6. The summed E-state index contributed by atoms with van der Waals surface area (Å²) < 4.78 is 21.4. The van der Waals surface area contributed by atoms with Crippen LogP contribution in [0.5, 0.6) is 5.75 Å². The largest absolute Gasteiger partial charge is 0.697 e. The van der Waals surface area contributed by atoms with Gasteiger partial charge in [0.1, 0.15) is 5.75 Å². The van der Waals surface area contributed by atoms with E-state index in [-0.39, 0.29) is 10.8 Å². The Bertz CT molecular complexity index is 549. The van der Waals surface area contributed by atoms with Gasteiger partial charge >= 0.3 is 8.25 Å². The van der Waals surface area contributed by atoms with Gasteiger partial charge in [0.2, 0.25) is 6.29 Å². The predicted molar refractivity (Wildman–Crippen MR) is 95.5 cm³/mol. The number of rotatable bonds is 6. The van der Waals surface area contributed by atoms with Crippen molar-refractivity contribution in [2.45, 2.75) is 72.0 Å². The van der Waals surface area contributed by atoms with Gasteiger partial charge in [0.25, 0.3) is 0 Å². The Morgan fingerprint density at radius 3 is 1.88 bits per heavy atom. The minimum atomic E-state index is -2.74. The monoisotopic (exact) mass is 357 g/mol. The standard InChI is InChI=1S/C18H29O5P/c1-8-22-15(23-24(20)21)11-12-9-13(17(2,3)4)16(19)14(10-12)18(5,6)7/h9-10,15H,8,11H2,1-7H3,(H-,19,20,21)/p+1. The molecule has 0 aliphatic rings. The van der Waals surface area contributed by atoms with E-state index in [2.05, 4.69) is 0 Å². The second-order valence-electron chi connectivity index (χ2n) is 7.97. The summed E-state index contributed by atoms with van der Waals surface area (Å²) >= 11 is 0. The molecule has 2 atom stereocenters. The highest BCUT2D eigenvalue weighted by Gasteiger charge is 2.29. The van der Waals surface area contributed by atoms with Gasteiger partial charge in [0.15, 0.2) is 0 Å². The third-order valence-electron chi connectivity index (χ3n) is 3.75. The molecule has 0 saturated carbocycles. The predicted octanol–water partition coefficient (Wildman–Crippen LogP) is 4.56. The lowest BCUT2D eigenvalue weighted by Crippen LogP contribution is -2.21. The van der Waals surface area contributed by atoms with Gasteiger partial charge < -0.3 is 9.84 Å². The molecule has 0 heterocycles. The smallest absolute Gasteiger partial charge is 0.507 e. The van der Waals surface area contributed by atoms with Crippen molar-refractivity contribution >= 4 is 8.25 Å². The maximum absolute atomic E-state index is 11.0. The molecule has 2 N–H and O–H groups in total. The molecule has 1 aromatic carbocycles. The molecule has 0 radical (unpaired) electrons. The van der Waals surface area contributed by atoms with Gasteiger partial charge in [-0.2, -0.15) is 0 Å². The zero-order valence-corrected chi connectivity index (χ0v) is 16.6. The first-order valence-electron chi connectivity index (χ1n) is 8.17. The van der Waals surface area contributed by atoms with E-state index in [9.17, 15) is 9.67 Å². The fourth-order valence-electron chi connectivity index (χ4n) is 2.56. The molecular weight excluding hydrogens is 327 g/mol. The number of hydrogen-bond acceptors (Lipinski definition) is 4. The lowest BCUT2D eigenvalue weighted by atomic mass is 9.78. The molecular formula is C18H30O5P+. The highest BCUT2D eigenvalue weighted by molar-refractivity contribution is 7.32. The van der Waals surface area contributed by atoms with Crippen molar-refractivity contribution in [2.24, 2.45) is 0 Å². The first kappa shape index (κ1) is 21.0. The third kappa shape index (κ3) is 5.82. The molecule has 2 unspecified atom stereocenters. The van der Waals surface area contributed by atoms with E-state index in [0.717, 1.165) is 16.7 Å². The van der Waals surface area contributed by atoms with Crippen molar-refractivity contribution in [3.05, 3.63) is 28.8 Å². The van der Waals surface area contributed by atoms with E-state index in [0.29, 0.717) is 18.8 Å². The van der Waals surface area contributed by atoms with Crippen LogP contribution in [-0.2, 0) is 31.1 Å². The lowest BCUT2D eigenvalue weighted by Gasteiger charge is -2.28. The fraction of sp³-hybridized carbons (Fsp3) is 0.667. The zero-order valence-electron chi connectivity index (χ0n) is 15.7. The first-order valence-corrected chi connectivity index (χ1v) is 9.30.